The number of morpholine rings is 1. The van der Waals surface area contributed by atoms with Crippen LogP contribution in [0.15, 0.2) is 35.2 Å². The number of hydrogen-bond donors (Lipinski definition) is 0. The highest BCUT2D eigenvalue weighted by atomic mass is 32.2. The van der Waals surface area contributed by atoms with E-state index >= 15 is 0 Å². The lowest BCUT2D eigenvalue weighted by atomic mass is 9.85. The number of carbonyl (C=O) groups excluding carboxylic acids is 1. The Bertz CT molecular complexity index is 746. The van der Waals surface area contributed by atoms with Crippen LogP contribution in [-0.2, 0) is 19.6 Å². The van der Waals surface area contributed by atoms with Gasteiger partial charge in [0.25, 0.3) is 0 Å². The van der Waals surface area contributed by atoms with Gasteiger partial charge in [0.2, 0.25) is 15.9 Å². The third-order valence-corrected chi connectivity index (χ3v) is 7.90. The summed E-state index contributed by atoms with van der Waals surface area (Å²) in [6.07, 6.45) is 4.66. The largest absolute Gasteiger partial charge is 0.378 e. The van der Waals surface area contributed by atoms with E-state index in [0.717, 1.165) is 25.7 Å². The van der Waals surface area contributed by atoms with Crippen LogP contribution < -0.4 is 0 Å². The van der Waals surface area contributed by atoms with Crippen molar-refractivity contribution in [3.8, 4) is 0 Å². The van der Waals surface area contributed by atoms with Gasteiger partial charge in [0.1, 0.15) is 6.04 Å². The van der Waals surface area contributed by atoms with Gasteiger partial charge in [-0.15, -0.1) is 0 Å². The molecule has 0 N–H and O–H groups in total. The summed E-state index contributed by atoms with van der Waals surface area (Å²) in [6.45, 7) is 2.14. The number of ether oxygens (including phenoxy) is 1. The van der Waals surface area contributed by atoms with Crippen LogP contribution in [0.5, 0.6) is 0 Å². The fourth-order valence-corrected chi connectivity index (χ4v) is 6.57. The number of rotatable bonds is 3. The zero-order valence-corrected chi connectivity index (χ0v) is 15.7. The Kier molecular flexibility index (Phi) is 5.03. The fraction of sp³-hybridized carbons (Fsp3) is 0.632. The Labute approximate surface area is 155 Å². The summed E-state index contributed by atoms with van der Waals surface area (Å²) in [5.41, 5.74) is 0. The first-order valence-electron chi connectivity index (χ1n) is 9.54. The first-order chi connectivity index (χ1) is 12.6. The molecule has 0 radical (unpaired) electrons. The van der Waals surface area contributed by atoms with Crippen molar-refractivity contribution in [2.45, 2.75) is 49.1 Å². The molecular weight excluding hydrogens is 352 g/mol. The molecule has 1 aromatic rings. The topological polar surface area (TPSA) is 66.9 Å². The first-order valence-corrected chi connectivity index (χ1v) is 11.0. The molecule has 0 bridgehead atoms. The van der Waals surface area contributed by atoms with Gasteiger partial charge >= 0.3 is 0 Å². The van der Waals surface area contributed by atoms with E-state index in [2.05, 4.69) is 0 Å². The number of fused-ring (bicyclic) bond motifs is 1. The zero-order chi connectivity index (χ0) is 18.1. The van der Waals surface area contributed by atoms with E-state index in [1.54, 1.807) is 33.5 Å². The van der Waals surface area contributed by atoms with Crippen molar-refractivity contribution in [2.24, 2.45) is 5.92 Å². The minimum absolute atomic E-state index is 0.0519. The van der Waals surface area contributed by atoms with Gasteiger partial charge in [-0.1, -0.05) is 31.0 Å². The summed E-state index contributed by atoms with van der Waals surface area (Å²) in [6, 6.07) is 7.90. The maximum Gasteiger partial charge on any atom is 0.244 e. The van der Waals surface area contributed by atoms with Crippen LogP contribution >= 0.6 is 0 Å². The van der Waals surface area contributed by atoms with E-state index in [4.69, 9.17) is 4.74 Å². The van der Waals surface area contributed by atoms with Crippen LogP contribution in [0, 0.1) is 5.92 Å². The highest BCUT2D eigenvalue weighted by molar-refractivity contribution is 7.89. The molecule has 3 unspecified atom stereocenters. The SMILES string of the molecule is O=C(C1CC2CCCCC2N1S(=O)(=O)c1ccccc1)N1CCOCC1. The van der Waals surface area contributed by atoms with Gasteiger partial charge in [-0.3, -0.25) is 4.79 Å². The molecule has 1 saturated carbocycles. The summed E-state index contributed by atoms with van der Waals surface area (Å²) < 4.78 is 33.7. The molecule has 4 rings (SSSR count). The van der Waals surface area contributed by atoms with Gasteiger partial charge in [0.15, 0.2) is 0 Å². The van der Waals surface area contributed by atoms with Crippen LogP contribution in [0.1, 0.15) is 32.1 Å². The van der Waals surface area contributed by atoms with E-state index in [1.807, 2.05) is 6.07 Å². The molecule has 1 amide bonds. The van der Waals surface area contributed by atoms with Crippen LogP contribution in [0.2, 0.25) is 0 Å². The minimum Gasteiger partial charge on any atom is -0.378 e. The summed E-state index contributed by atoms with van der Waals surface area (Å²) in [4.78, 5) is 15.3. The number of nitrogens with zero attached hydrogens (tertiary/aromatic N) is 2. The molecule has 3 aliphatic rings. The van der Waals surface area contributed by atoms with Crippen molar-refractivity contribution in [2.75, 3.05) is 26.3 Å². The Balaban J connectivity index is 1.68. The van der Waals surface area contributed by atoms with Crippen LogP contribution in [0.4, 0.5) is 0 Å². The van der Waals surface area contributed by atoms with E-state index in [1.165, 1.54) is 0 Å². The summed E-state index contributed by atoms with van der Waals surface area (Å²) >= 11 is 0. The zero-order valence-electron chi connectivity index (χ0n) is 14.9. The molecule has 7 heteroatoms. The third kappa shape index (κ3) is 3.17. The van der Waals surface area contributed by atoms with Gasteiger partial charge in [-0.2, -0.15) is 4.31 Å². The lowest BCUT2D eigenvalue weighted by Gasteiger charge is -2.35. The Morgan fingerprint density at radius 3 is 2.46 bits per heavy atom. The maximum absolute atomic E-state index is 13.4. The third-order valence-electron chi connectivity index (χ3n) is 5.96. The van der Waals surface area contributed by atoms with Crippen molar-refractivity contribution in [3.63, 3.8) is 0 Å². The second-order valence-electron chi connectivity index (χ2n) is 7.45. The van der Waals surface area contributed by atoms with Crippen LogP contribution in [0.25, 0.3) is 0 Å². The second kappa shape index (κ2) is 7.29. The van der Waals surface area contributed by atoms with E-state index in [0.29, 0.717) is 32.7 Å². The number of benzene rings is 1. The molecule has 1 aliphatic carbocycles. The molecule has 2 saturated heterocycles. The molecule has 0 aromatic heterocycles. The Morgan fingerprint density at radius 1 is 1.04 bits per heavy atom. The van der Waals surface area contributed by atoms with Gasteiger partial charge in [0.05, 0.1) is 18.1 Å². The number of carbonyl (C=O) groups is 1. The monoisotopic (exact) mass is 378 g/mol. The molecule has 26 heavy (non-hydrogen) atoms. The first kappa shape index (κ1) is 17.9. The maximum atomic E-state index is 13.4. The standard InChI is InChI=1S/C19H26N2O4S/c22-19(20-10-12-25-13-11-20)18-14-15-6-4-5-9-17(15)21(18)26(23,24)16-7-2-1-3-8-16/h1-3,7-8,15,17-18H,4-6,9-14H2. The van der Waals surface area contributed by atoms with E-state index < -0.39 is 16.1 Å². The molecule has 142 valence electrons. The van der Waals surface area contributed by atoms with Gasteiger partial charge in [-0.05, 0) is 37.3 Å². The normalized spacial score (nSPS) is 30.2. The van der Waals surface area contributed by atoms with E-state index in [-0.39, 0.29) is 22.8 Å². The highest BCUT2D eigenvalue weighted by Gasteiger charge is 2.51. The second-order valence-corrected chi connectivity index (χ2v) is 9.29. The quantitative estimate of drug-likeness (QED) is 0.805. The predicted molar refractivity (Wildman–Crippen MR) is 97.0 cm³/mol. The molecule has 3 fully saturated rings. The molecule has 6 nitrogen and oxygen atoms in total. The van der Waals surface area contributed by atoms with Crippen LogP contribution in [-0.4, -0.2) is 61.9 Å². The van der Waals surface area contributed by atoms with Crippen molar-refractivity contribution < 1.29 is 17.9 Å². The molecular formula is C19H26N2O4S. The number of sulfonamides is 1. The lowest BCUT2D eigenvalue weighted by molar-refractivity contribution is -0.139. The molecule has 3 atom stereocenters. The van der Waals surface area contributed by atoms with Crippen LogP contribution in [0.3, 0.4) is 0 Å². The van der Waals surface area contributed by atoms with Crippen molar-refractivity contribution >= 4 is 15.9 Å². The average Bonchev–Trinajstić information content (AvgIpc) is 3.09. The highest BCUT2D eigenvalue weighted by Crippen LogP contribution is 2.43. The van der Waals surface area contributed by atoms with Crippen molar-refractivity contribution in [3.05, 3.63) is 30.3 Å². The summed E-state index contributed by atoms with van der Waals surface area (Å²) in [5, 5.41) is 0. The van der Waals surface area contributed by atoms with E-state index in [9.17, 15) is 13.2 Å². The van der Waals surface area contributed by atoms with Gasteiger partial charge in [-0.25, -0.2) is 8.42 Å². The Morgan fingerprint density at radius 2 is 1.73 bits per heavy atom. The summed E-state index contributed by atoms with van der Waals surface area (Å²) in [7, 11) is -3.69. The fourth-order valence-electron chi connectivity index (χ4n) is 4.68. The van der Waals surface area contributed by atoms with Gasteiger partial charge < -0.3 is 9.64 Å². The smallest absolute Gasteiger partial charge is 0.244 e. The Hall–Kier alpha value is -1.44. The molecule has 0 spiro atoms. The minimum atomic E-state index is -3.69. The van der Waals surface area contributed by atoms with Crippen molar-refractivity contribution in [1.29, 1.82) is 0 Å². The molecule has 2 aliphatic heterocycles. The average molecular weight is 378 g/mol. The van der Waals surface area contributed by atoms with Crippen molar-refractivity contribution in [1.82, 2.24) is 9.21 Å². The lowest BCUT2D eigenvalue weighted by Crippen LogP contribution is -2.52. The molecule has 2 heterocycles. The predicted octanol–water partition coefficient (Wildman–Crippen LogP) is 1.87. The number of hydrogen-bond acceptors (Lipinski definition) is 4. The number of amides is 1. The molecule has 1 aromatic carbocycles. The summed E-state index contributed by atoms with van der Waals surface area (Å²) in [5.74, 6) is 0.236. The van der Waals surface area contributed by atoms with Gasteiger partial charge in [0, 0.05) is 19.1 Å².